The number of para-hydroxylation sites is 1. The van der Waals surface area contributed by atoms with E-state index < -0.39 is 22.5 Å². The third-order valence-corrected chi connectivity index (χ3v) is 7.93. The van der Waals surface area contributed by atoms with Crippen LogP contribution in [0.25, 0.3) is 5.69 Å². The van der Waals surface area contributed by atoms with Crippen LogP contribution in [0.3, 0.4) is 0 Å². The number of hydrazone groups is 1. The number of anilines is 1. The molecule has 0 atom stereocenters. The minimum atomic E-state index is -3.98. The Morgan fingerprint density at radius 1 is 0.972 bits per heavy atom. The van der Waals surface area contributed by atoms with Crippen LogP contribution in [0.5, 0.6) is 0 Å². The van der Waals surface area contributed by atoms with Crippen molar-refractivity contribution in [2.24, 2.45) is 5.10 Å². The Hall–Kier alpha value is -3.69. The summed E-state index contributed by atoms with van der Waals surface area (Å²) in [5.41, 5.74) is 6.72. The Morgan fingerprint density at radius 2 is 1.58 bits per heavy atom. The fraction of sp³-hybridized carbons (Fsp3) is 0.111. The molecule has 1 amide bonds. The first kappa shape index (κ1) is 25.4. The number of hydrogen-bond acceptors (Lipinski definition) is 4. The number of rotatable bonds is 8. The van der Waals surface area contributed by atoms with E-state index in [0.717, 1.165) is 31.4 Å². The van der Waals surface area contributed by atoms with E-state index in [1.807, 2.05) is 50.2 Å². The lowest BCUT2D eigenvalue weighted by molar-refractivity contribution is -0.119. The number of hydrogen-bond donors (Lipinski definition) is 1. The number of carbonyl (C=O) groups excluding carboxylic acids is 1. The van der Waals surface area contributed by atoms with Gasteiger partial charge in [0.05, 0.1) is 16.8 Å². The highest BCUT2D eigenvalue weighted by Crippen LogP contribution is 2.25. The minimum Gasteiger partial charge on any atom is -0.318 e. The first-order valence-electron chi connectivity index (χ1n) is 11.2. The van der Waals surface area contributed by atoms with E-state index in [2.05, 4.69) is 31.0 Å². The third kappa shape index (κ3) is 5.58. The van der Waals surface area contributed by atoms with Crippen LogP contribution >= 0.6 is 15.9 Å². The van der Waals surface area contributed by atoms with Crippen molar-refractivity contribution >= 4 is 43.8 Å². The largest absolute Gasteiger partial charge is 0.318 e. The Bertz CT molecular complexity index is 1480. The number of sulfonamides is 1. The number of carbonyl (C=O) groups is 1. The van der Waals surface area contributed by atoms with E-state index in [0.29, 0.717) is 5.69 Å². The van der Waals surface area contributed by atoms with Gasteiger partial charge in [-0.25, -0.2) is 13.8 Å². The molecule has 0 aliphatic rings. The summed E-state index contributed by atoms with van der Waals surface area (Å²) in [4.78, 5) is 12.9. The number of nitrogens with one attached hydrogen (secondary N) is 1. The van der Waals surface area contributed by atoms with Gasteiger partial charge in [-0.1, -0.05) is 52.3 Å². The molecule has 0 saturated heterocycles. The molecule has 184 valence electrons. The van der Waals surface area contributed by atoms with Gasteiger partial charge in [-0.2, -0.15) is 5.10 Å². The number of nitrogens with zero attached hydrogens (tertiary/aromatic N) is 3. The Kier molecular flexibility index (Phi) is 7.71. The van der Waals surface area contributed by atoms with Crippen molar-refractivity contribution in [2.75, 3.05) is 10.8 Å². The molecule has 0 unspecified atom stereocenters. The van der Waals surface area contributed by atoms with Crippen LogP contribution in [0.15, 0.2) is 105 Å². The highest BCUT2D eigenvalue weighted by atomic mass is 79.9. The fourth-order valence-electron chi connectivity index (χ4n) is 3.87. The summed E-state index contributed by atoms with van der Waals surface area (Å²) < 4.78 is 30.7. The molecule has 9 heteroatoms. The van der Waals surface area contributed by atoms with Crippen LogP contribution in [0.2, 0.25) is 0 Å². The maximum Gasteiger partial charge on any atom is 0.264 e. The van der Waals surface area contributed by atoms with Crippen molar-refractivity contribution in [3.8, 4) is 5.69 Å². The van der Waals surface area contributed by atoms with Crippen molar-refractivity contribution in [2.45, 2.75) is 18.7 Å². The lowest BCUT2D eigenvalue weighted by atomic mass is 10.2. The van der Waals surface area contributed by atoms with Crippen molar-refractivity contribution in [1.82, 2.24) is 9.99 Å². The van der Waals surface area contributed by atoms with Gasteiger partial charge in [0.2, 0.25) is 0 Å². The molecule has 4 rings (SSSR count). The standard InChI is InChI=1S/C27H25BrN4O3S/c1-20-17-22(21(2)32(20)25-9-5-3-6-10-25)18-29-30-27(33)19-31(24-15-13-23(28)14-16-24)36(34,35)26-11-7-4-8-12-26/h3-18H,19H2,1-2H3,(H,30,33)/b29-18+. The molecule has 1 heterocycles. The van der Waals surface area contributed by atoms with E-state index >= 15 is 0 Å². The molecule has 3 aromatic carbocycles. The summed E-state index contributed by atoms with van der Waals surface area (Å²) in [6.07, 6.45) is 1.56. The monoisotopic (exact) mass is 564 g/mol. The first-order chi connectivity index (χ1) is 17.3. The van der Waals surface area contributed by atoms with Gasteiger partial charge >= 0.3 is 0 Å². The van der Waals surface area contributed by atoms with Gasteiger partial charge in [0.25, 0.3) is 15.9 Å². The van der Waals surface area contributed by atoms with E-state index in [9.17, 15) is 13.2 Å². The van der Waals surface area contributed by atoms with Crippen LogP contribution in [-0.4, -0.2) is 31.7 Å². The van der Waals surface area contributed by atoms with Crippen LogP contribution in [0.4, 0.5) is 5.69 Å². The molecule has 0 aliphatic heterocycles. The maximum absolute atomic E-state index is 13.4. The van der Waals surface area contributed by atoms with Crippen molar-refractivity contribution < 1.29 is 13.2 Å². The molecule has 0 spiro atoms. The second-order valence-electron chi connectivity index (χ2n) is 8.09. The van der Waals surface area contributed by atoms with Crippen LogP contribution in [0.1, 0.15) is 17.0 Å². The van der Waals surface area contributed by atoms with Gasteiger partial charge < -0.3 is 4.57 Å². The topological polar surface area (TPSA) is 83.8 Å². The Labute approximate surface area is 219 Å². The van der Waals surface area contributed by atoms with Gasteiger partial charge in [0.15, 0.2) is 0 Å². The van der Waals surface area contributed by atoms with Gasteiger partial charge in [0, 0.05) is 27.1 Å². The molecule has 0 bridgehead atoms. The van der Waals surface area contributed by atoms with Crippen LogP contribution in [-0.2, 0) is 14.8 Å². The summed E-state index contributed by atoms with van der Waals surface area (Å²) in [5.74, 6) is -0.564. The predicted octanol–water partition coefficient (Wildman–Crippen LogP) is 5.20. The first-order valence-corrected chi connectivity index (χ1v) is 13.4. The van der Waals surface area contributed by atoms with Gasteiger partial charge in [0.1, 0.15) is 6.54 Å². The van der Waals surface area contributed by atoms with E-state index in [-0.39, 0.29) is 4.90 Å². The van der Waals surface area contributed by atoms with Crippen molar-refractivity contribution in [1.29, 1.82) is 0 Å². The molecule has 0 saturated carbocycles. The van der Waals surface area contributed by atoms with E-state index in [4.69, 9.17) is 0 Å². The van der Waals surface area contributed by atoms with E-state index in [1.165, 1.54) is 12.1 Å². The summed E-state index contributed by atoms with van der Waals surface area (Å²) in [5, 5.41) is 4.10. The Morgan fingerprint density at radius 3 is 2.22 bits per heavy atom. The van der Waals surface area contributed by atoms with Gasteiger partial charge in [-0.05, 0) is 68.4 Å². The number of aryl methyl sites for hydroxylation is 1. The molecule has 0 radical (unpaired) electrons. The molecule has 1 aromatic heterocycles. The molecule has 0 fully saturated rings. The zero-order valence-electron chi connectivity index (χ0n) is 19.8. The number of aromatic nitrogens is 1. The average Bonchev–Trinajstić information content (AvgIpc) is 3.16. The molecular weight excluding hydrogens is 540 g/mol. The van der Waals surface area contributed by atoms with Crippen LogP contribution in [0, 0.1) is 13.8 Å². The maximum atomic E-state index is 13.4. The number of amides is 1. The fourth-order valence-corrected chi connectivity index (χ4v) is 5.58. The molecular formula is C27H25BrN4O3S. The third-order valence-electron chi connectivity index (χ3n) is 5.61. The van der Waals surface area contributed by atoms with E-state index in [1.54, 1.807) is 48.7 Å². The molecule has 1 N–H and O–H groups in total. The predicted molar refractivity (Wildman–Crippen MR) is 146 cm³/mol. The normalized spacial score (nSPS) is 11.5. The second kappa shape index (κ2) is 10.9. The number of halogens is 1. The van der Waals surface area contributed by atoms with Crippen molar-refractivity contribution in [3.05, 3.63) is 112 Å². The SMILES string of the molecule is Cc1cc(/C=N/NC(=O)CN(c2ccc(Br)cc2)S(=O)(=O)c2ccccc2)c(C)n1-c1ccccc1. The molecule has 4 aromatic rings. The zero-order chi connectivity index (χ0) is 25.7. The average molecular weight is 565 g/mol. The number of benzene rings is 3. The molecule has 7 nitrogen and oxygen atoms in total. The smallest absolute Gasteiger partial charge is 0.264 e. The molecule has 36 heavy (non-hydrogen) atoms. The summed E-state index contributed by atoms with van der Waals surface area (Å²) >= 11 is 3.36. The lowest BCUT2D eigenvalue weighted by Gasteiger charge is -2.23. The van der Waals surface area contributed by atoms with Crippen LogP contribution < -0.4 is 9.73 Å². The lowest BCUT2D eigenvalue weighted by Crippen LogP contribution is -2.39. The quantitative estimate of drug-likeness (QED) is 0.236. The Balaban J connectivity index is 1.54. The zero-order valence-corrected chi connectivity index (χ0v) is 22.2. The summed E-state index contributed by atoms with van der Waals surface area (Å²) in [6.45, 7) is 3.55. The van der Waals surface area contributed by atoms with Gasteiger partial charge in [-0.15, -0.1) is 0 Å². The molecule has 0 aliphatic carbocycles. The van der Waals surface area contributed by atoms with Gasteiger partial charge in [-0.3, -0.25) is 9.10 Å². The summed E-state index contributed by atoms with van der Waals surface area (Å²) in [7, 11) is -3.98. The highest BCUT2D eigenvalue weighted by molar-refractivity contribution is 9.10. The minimum absolute atomic E-state index is 0.0950. The summed E-state index contributed by atoms with van der Waals surface area (Å²) in [6, 6.07) is 26.7. The second-order valence-corrected chi connectivity index (χ2v) is 10.9. The van der Waals surface area contributed by atoms with Crippen molar-refractivity contribution in [3.63, 3.8) is 0 Å². The highest BCUT2D eigenvalue weighted by Gasteiger charge is 2.27.